The summed E-state index contributed by atoms with van der Waals surface area (Å²) in [5, 5.41) is 3.35. The van der Waals surface area contributed by atoms with E-state index in [0.717, 1.165) is 17.8 Å². The van der Waals surface area contributed by atoms with Crippen LogP contribution in [0.3, 0.4) is 0 Å². The first kappa shape index (κ1) is 14.0. The lowest BCUT2D eigenvalue weighted by Gasteiger charge is -2.38. The van der Waals surface area contributed by atoms with Gasteiger partial charge in [-0.1, -0.05) is 27.7 Å². The van der Waals surface area contributed by atoms with Crippen LogP contribution in [0.2, 0.25) is 0 Å². The van der Waals surface area contributed by atoms with Crippen LogP contribution < -0.4 is 5.32 Å². The van der Waals surface area contributed by atoms with Gasteiger partial charge in [-0.15, -0.1) is 0 Å². The van der Waals surface area contributed by atoms with Gasteiger partial charge >= 0.3 is 0 Å². The normalized spacial score (nSPS) is 23.8. The van der Waals surface area contributed by atoms with E-state index in [4.69, 9.17) is 0 Å². The molecular formula is C14H30N2. The van der Waals surface area contributed by atoms with Crippen LogP contribution in [0.1, 0.15) is 40.5 Å². The molecule has 0 atom stereocenters. The zero-order chi connectivity index (χ0) is 12.0. The Morgan fingerprint density at radius 1 is 1.12 bits per heavy atom. The van der Waals surface area contributed by atoms with Crippen molar-refractivity contribution in [2.75, 3.05) is 32.7 Å². The minimum Gasteiger partial charge on any atom is -0.316 e. The summed E-state index contributed by atoms with van der Waals surface area (Å²) in [6, 6.07) is 0. The predicted molar refractivity (Wildman–Crippen MR) is 71.7 cm³/mol. The maximum absolute atomic E-state index is 3.35. The van der Waals surface area contributed by atoms with Gasteiger partial charge in [-0.3, -0.25) is 0 Å². The second-order valence-electron chi connectivity index (χ2n) is 5.41. The van der Waals surface area contributed by atoms with E-state index in [1.165, 1.54) is 45.6 Å². The van der Waals surface area contributed by atoms with Crippen LogP contribution in [-0.2, 0) is 0 Å². The monoisotopic (exact) mass is 226 g/mol. The van der Waals surface area contributed by atoms with Crippen molar-refractivity contribution in [1.82, 2.24) is 10.2 Å². The third kappa shape index (κ3) is 4.06. The van der Waals surface area contributed by atoms with Crippen LogP contribution in [0.5, 0.6) is 0 Å². The van der Waals surface area contributed by atoms with E-state index in [2.05, 4.69) is 24.1 Å². The average molecular weight is 226 g/mol. The molecule has 0 aromatic carbocycles. The first-order chi connectivity index (χ1) is 7.75. The Labute approximate surface area is 102 Å². The molecule has 2 rings (SSSR count). The summed E-state index contributed by atoms with van der Waals surface area (Å²) in [6.07, 6.45) is 2.86. The van der Waals surface area contributed by atoms with E-state index in [1.54, 1.807) is 0 Å². The zero-order valence-electron chi connectivity index (χ0n) is 11.6. The van der Waals surface area contributed by atoms with Gasteiger partial charge in [-0.05, 0) is 43.7 Å². The average Bonchev–Trinajstić information content (AvgIpc) is 2.27. The topological polar surface area (TPSA) is 15.3 Å². The predicted octanol–water partition coefficient (Wildman–Crippen LogP) is 2.60. The highest BCUT2D eigenvalue weighted by molar-refractivity contribution is 4.81. The second-order valence-corrected chi connectivity index (χ2v) is 5.41. The van der Waals surface area contributed by atoms with Crippen molar-refractivity contribution < 1.29 is 0 Å². The fraction of sp³-hybridized carbons (Fsp3) is 1.00. The SMILES string of the molecule is CC.CC(C)C1CCN(CC2CNC2)CC1. The molecule has 0 saturated carbocycles. The van der Waals surface area contributed by atoms with Crippen LogP contribution in [0.25, 0.3) is 0 Å². The molecule has 0 spiro atoms. The molecule has 0 amide bonds. The minimum atomic E-state index is 0.891. The van der Waals surface area contributed by atoms with E-state index in [9.17, 15) is 0 Å². The number of nitrogens with zero attached hydrogens (tertiary/aromatic N) is 1. The molecule has 1 N–H and O–H groups in total. The van der Waals surface area contributed by atoms with Crippen molar-refractivity contribution in [3.05, 3.63) is 0 Å². The third-order valence-electron chi connectivity index (χ3n) is 3.96. The number of piperidine rings is 1. The second kappa shape index (κ2) is 7.29. The van der Waals surface area contributed by atoms with E-state index in [0.29, 0.717) is 0 Å². The van der Waals surface area contributed by atoms with Crippen molar-refractivity contribution in [2.24, 2.45) is 17.8 Å². The Morgan fingerprint density at radius 2 is 1.69 bits per heavy atom. The number of hydrogen-bond acceptors (Lipinski definition) is 2. The molecule has 96 valence electrons. The van der Waals surface area contributed by atoms with E-state index >= 15 is 0 Å². The smallest absolute Gasteiger partial charge is 0.00340 e. The molecule has 0 aromatic rings. The summed E-state index contributed by atoms with van der Waals surface area (Å²) in [5.74, 6) is 2.83. The number of likely N-dealkylation sites (tertiary alicyclic amines) is 1. The molecule has 2 fully saturated rings. The molecule has 0 aromatic heterocycles. The summed E-state index contributed by atoms with van der Waals surface area (Å²) in [5.41, 5.74) is 0. The highest BCUT2D eigenvalue weighted by atomic mass is 15.1. The molecule has 0 unspecified atom stereocenters. The lowest BCUT2D eigenvalue weighted by molar-refractivity contribution is 0.124. The summed E-state index contributed by atoms with van der Waals surface area (Å²) < 4.78 is 0. The molecule has 2 saturated heterocycles. The summed E-state index contributed by atoms with van der Waals surface area (Å²) in [6.45, 7) is 15.3. The van der Waals surface area contributed by atoms with Crippen LogP contribution in [0.4, 0.5) is 0 Å². The van der Waals surface area contributed by atoms with Crippen molar-refractivity contribution >= 4 is 0 Å². The maximum Gasteiger partial charge on any atom is 0.00340 e. The molecule has 16 heavy (non-hydrogen) atoms. The number of rotatable bonds is 3. The van der Waals surface area contributed by atoms with Crippen LogP contribution in [-0.4, -0.2) is 37.6 Å². The molecule has 2 aliphatic heterocycles. The van der Waals surface area contributed by atoms with Gasteiger partial charge < -0.3 is 10.2 Å². The fourth-order valence-electron chi connectivity index (χ4n) is 2.64. The Kier molecular flexibility index (Phi) is 6.37. The van der Waals surface area contributed by atoms with Gasteiger partial charge in [0, 0.05) is 19.6 Å². The lowest BCUT2D eigenvalue weighted by atomic mass is 9.86. The van der Waals surface area contributed by atoms with Crippen LogP contribution in [0, 0.1) is 17.8 Å². The first-order valence-electron chi connectivity index (χ1n) is 7.19. The Balaban J connectivity index is 0.000000606. The van der Waals surface area contributed by atoms with Gasteiger partial charge in [-0.25, -0.2) is 0 Å². The highest BCUT2D eigenvalue weighted by Gasteiger charge is 2.25. The fourth-order valence-corrected chi connectivity index (χ4v) is 2.64. The van der Waals surface area contributed by atoms with Gasteiger partial charge in [0.25, 0.3) is 0 Å². The quantitative estimate of drug-likeness (QED) is 0.796. The minimum absolute atomic E-state index is 0.891. The van der Waals surface area contributed by atoms with Crippen LogP contribution in [0.15, 0.2) is 0 Å². The standard InChI is InChI=1S/C12H24N2.C2H6/c1-10(2)12-3-5-14(6-4-12)9-11-7-13-8-11;1-2/h10-13H,3-9H2,1-2H3;1-2H3. The summed E-state index contributed by atoms with van der Waals surface area (Å²) in [7, 11) is 0. The maximum atomic E-state index is 3.35. The van der Waals surface area contributed by atoms with E-state index < -0.39 is 0 Å². The van der Waals surface area contributed by atoms with E-state index in [-0.39, 0.29) is 0 Å². The summed E-state index contributed by atoms with van der Waals surface area (Å²) in [4.78, 5) is 2.67. The zero-order valence-corrected chi connectivity index (χ0v) is 11.6. The van der Waals surface area contributed by atoms with E-state index in [1.807, 2.05) is 13.8 Å². The van der Waals surface area contributed by atoms with Crippen molar-refractivity contribution in [1.29, 1.82) is 0 Å². The summed E-state index contributed by atoms with van der Waals surface area (Å²) >= 11 is 0. The number of nitrogens with one attached hydrogen (secondary N) is 1. The van der Waals surface area contributed by atoms with Crippen molar-refractivity contribution in [3.8, 4) is 0 Å². The third-order valence-corrected chi connectivity index (χ3v) is 3.96. The molecule has 0 bridgehead atoms. The molecule has 2 nitrogen and oxygen atoms in total. The van der Waals surface area contributed by atoms with Crippen molar-refractivity contribution in [2.45, 2.75) is 40.5 Å². The Bertz CT molecular complexity index is 168. The van der Waals surface area contributed by atoms with Gasteiger partial charge in [0.05, 0.1) is 0 Å². The Morgan fingerprint density at radius 3 is 2.06 bits per heavy atom. The lowest BCUT2D eigenvalue weighted by Crippen LogP contribution is -2.49. The van der Waals surface area contributed by atoms with Gasteiger partial charge in [0.15, 0.2) is 0 Å². The molecule has 0 radical (unpaired) electrons. The van der Waals surface area contributed by atoms with Gasteiger partial charge in [-0.2, -0.15) is 0 Å². The van der Waals surface area contributed by atoms with Crippen LogP contribution >= 0.6 is 0 Å². The van der Waals surface area contributed by atoms with Gasteiger partial charge in [0.1, 0.15) is 0 Å². The molecule has 2 heterocycles. The largest absolute Gasteiger partial charge is 0.316 e. The first-order valence-corrected chi connectivity index (χ1v) is 7.19. The number of hydrogen-bond donors (Lipinski definition) is 1. The molecule has 2 heteroatoms. The highest BCUT2D eigenvalue weighted by Crippen LogP contribution is 2.24. The molecule has 0 aliphatic carbocycles. The molecular weight excluding hydrogens is 196 g/mol. The Hall–Kier alpha value is -0.0800. The molecule has 2 aliphatic rings. The van der Waals surface area contributed by atoms with Gasteiger partial charge in [0.2, 0.25) is 0 Å². The van der Waals surface area contributed by atoms with Crippen molar-refractivity contribution in [3.63, 3.8) is 0 Å².